The van der Waals surface area contributed by atoms with Crippen LogP contribution in [0.4, 0.5) is 13.2 Å². The maximum Gasteiger partial charge on any atom is 0.419 e. The van der Waals surface area contributed by atoms with Crippen LogP contribution >= 0.6 is 0 Å². The smallest absolute Gasteiger partial charge is 0.419 e. The quantitative estimate of drug-likeness (QED) is 0.900. The van der Waals surface area contributed by atoms with E-state index >= 15 is 0 Å². The molecule has 2 nitrogen and oxygen atoms in total. The zero-order chi connectivity index (χ0) is 15.6. The minimum absolute atomic E-state index is 0.0485. The number of halogens is 3. The second kappa shape index (κ2) is 5.77. The Hall–Kier alpha value is -2.01. The van der Waals surface area contributed by atoms with Crippen molar-refractivity contribution in [1.29, 1.82) is 0 Å². The Balaban J connectivity index is 2.43. The Kier molecular flexibility index (Phi) is 4.23. The van der Waals surface area contributed by atoms with Crippen LogP contribution in [-0.2, 0) is 12.7 Å². The van der Waals surface area contributed by atoms with Gasteiger partial charge < -0.3 is 10.5 Å². The largest absolute Gasteiger partial charge is 0.457 e. The van der Waals surface area contributed by atoms with E-state index in [0.717, 1.165) is 17.2 Å². The molecule has 0 amide bonds. The first kappa shape index (κ1) is 15.4. The van der Waals surface area contributed by atoms with Gasteiger partial charge in [-0.05, 0) is 54.8 Å². The number of hydrogen-bond donors (Lipinski definition) is 1. The highest BCUT2D eigenvalue weighted by Gasteiger charge is 2.34. The van der Waals surface area contributed by atoms with Crippen molar-refractivity contribution >= 4 is 0 Å². The maximum absolute atomic E-state index is 13.1. The third-order valence-electron chi connectivity index (χ3n) is 3.01. The molecule has 0 saturated heterocycles. The lowest BCUT2D eigenvalue weighted by Crippen LogP contribution is -2.09. The summed E-state index contributed by atoms with van der Waals surface area (Å²) < 4.78 is 44.8. The van der Waals surface area contributed by atoms with Crippen LogP contribution in [0.5, 0.6) is 11.5 Å². The van der Waals surface area contributed by atoms with Crippen molar-refractivity contribution in [2.75, 3.05) is 0 Å². The zero-order valence-electron chi connectivity index (χ0n) is 11.8. The van der Waals surface area contributed by atoms with Crippen LogP contribution in [0.2, 0.25) is 0 Å². The number of alkyl halides is 3. The lowest BCUT2D eigenvalue weighted by Gasteiger charge is -2.15. The number of aryl methyl sites for hydroxylation is 2. The molecule has 0 heterocycles. The zero-order valence-corrected chi connectivity index (χ0v) is 11.8. The second-order valence-electron chi connectivity index (χ2n) is 4.96. The molecule has 2 rings (SSSR count). The van der Waals surface area contributed by atoms with Crippen molar-refractivity contribution in [1.82, 2.24) is 0 Å². The monoisotopic (exact) mass is 295 g/mol. The Bertz CT molecular complexity index is 630. The van der Waals surface area contributed by atoms with Gasteiger partial charge in [-0.15, -0.1) is 0 Å². The van der Waals surface area contributed by atoms with Gasteiger partial charge in [-0.25, -0.2) is 0 Å². The number of nitrogens with two attached hydrogens (primary N) is 1. The predicted molar refractivity (Wildman–Crippen MR) is 75.3 cm³/mol. The van der Waals surface area contributed by atoms with E-state index in [4.69, 9.17) is 10.5 Å². The standard InChI is InChI=1S/C16H16F3NO/c1-10-5-11(2)7-13(6-10)21-15-4-3-12(9-20)8-14(15)16(17,18)19/h3-8H,9,20H2,1-2H3. The van der Waals surface area contributed by atoms with Crippen LogP contribution in [0.1, 0.15) is 22.3 Å². The summed E-state index contributed by atoms with van der Waals surface area (Å²) >= 11 is 0. The van der Waals surface area contributed by atoms with Crippen molar-refractivity contribution in [3.8, 4) is 11.5 Å². The minimum Gasteiger partial charge on any atom is -0.457 e. The lowest BCUT2D eigenvalue weighted by molar-refractivity contribution is -0.138. The van der Waals surface area contributed by atoms with Gasteiger partial charge in [0.05, 0.1) is 5.56 Å². The summed E-state index contributed by atoms with van der Waals surface area (Å²) in [6.45, 7) is 3.77. The van der Waals surface area contributed by atoms with E-state index in [2.05, 4.69) is 0 Å². The van der Waals surface area contributed by atoms with E-state index in [1.54, 1.807) is 12.1 Å². The van der Waals surface area contributed by atoms with Gasteiger partial charge in [0.2, 0.25) is 0 Å². The highest BCUT2D eigenvalue weighted by Crippen LogP contribution is 2.39. The van der Waals surface area contributed by atoms with Crippen molar-refractivity contribution < 1.29 is 17.9 Å². The van der Waals surface area contributed by atoms with Gasteiger partial charge >= 0.3 is 6.18 Å². The van der Waals surface area contributed by atoms with Crippen LogP contribution in [-0.4, -0.2) is 0 Å². The van der Waals surface area contributed by atoms with Crippen molar-refractivity contribution in [2.45, 2.75) is 26.6 Å². The van der Waals surface area contributed by atoms with E-state index in [9.17, 15) is 13.2 Å². The summed E-state index contributed by atoms with van der Waals surface area (Å²) in [4.78, 5) is 0. The second-order valence-corrected chi connectivity index (χ2v) is 4.96. The summed E-state index contributed by atoms with van der Waals surface area (Å²) in [5.41, 5.74) is 6.85. The molecule has 0 aliphatic carbocycles. The highest BCUT2D eigenvalue weighted by molar-refractivity contribution is 5.43. The molecule has 5 heteroatoms. The summed E-state index contributed by atoms with van der Waals surface area (Å²) in [6.07, 6.45) is -4.49. The predicted octanol–water partition coefficient (Wildman–Crippen LogP) is 4.57. The van der Waals surface area contributed by atoms with Crippen LogP contribution in [0.3, 0.4) is 0 Å². The molecule has 0 spiro atoms. The molecule has 0 saturated carbocycles. The van der Waals surface area contributed by atoms with Crippen LogP contribution in [0.15, 0.2) is 36.4 Å². The van der Waals surface area contributed by atoms with Gasteiger partial charge in [-0.1, -0.05) is 12.1 Å². The molecular weight excluding hydrogens is 279 g/mol. The normalized spacial score (nSPS) is 11.5. The molecule has 0 radical (unpaired) electrons. The van der Waals surface area contributed by atoms with Crippen molar-refractivity contribution in [3.05, 3.63) is 58.7 Å². The van der Waals surface area contributed by atoms with E-state index < -0.39 is 11.7 Å². The highest BCUT2D eigenvalue weighted by atomic mass is 19.4. The van der Waals surface area contributed by atoms with Gasteiger partial charge in [-0.2, -0.15) is 13.2 Å². The Morgan fingerprint density at radius 2 is 1.62 bits per heavy atom. The number of benzene rings is 2. The molecular formula is C16H16F3NO. The van der Waals surface area contributed by atoms with E-state index in [1.165, 1.54) is 12.1 Å². The minimum atomic E-state index is -4.49. The summed E-state index contributed by atoms with van der Waals surface area (Å²) in [5, 5.41) is 0. The lowest BCUT2D eigenvalue weighted by atomic mass is 10.1. The van der Waals surface area contributed by atoms with Crippen molar-refractivity contribution in [3.63, 3.8) is 0 Å². The first-order valence-electron chi connectivity index (χ1n) is 6.46. The van der Waals surface area contributed by atoms with Gasteiger partial charge in [0, 0.05) is 6.54 Å². The fourth-order valence-electron chi connectivity index (χ4n) is 2.13. The molecule has 0 aliphatic heterocycles. The van der Waals surface area contributed by atoms with Gasteiger partial charge in [0.15, 0.2) is 0 Å². The molecule has 112 valence electrons. The fourth-order valence-corrected chi connectivity index (χ4v) is 2.13. The molecule has 0 aromatic heterocycles. The number of ether oxygens (including phenoxy) is 1. The van der Waals surface area contributed by atoms with Gasteiger partial charge in [0.25, 0.3) is 0 Å². The average Bonchev–Trinajstić information content (AvgIpc) is 2.36. The summed E-state index contributed by atoms with van der Waals surface area (Å²) in [6, 6.07) is 9.19. The molecule has 0 unspecified atom stereocenters. The number of rotatable bonds is 3. The average molecular weight is 295 g/mol. The van der Waals surface area contributed by atoms with E-state index in [-0.39, 0.29) is 12.3 Å². The molecule has 0 aliphatic rings. The third-order valence-corrected chi connectivity index (χ3v) is 3.01. The van der Waals surface area contributed by atoms with E-state index in [1.807, 2.05) is 19.9 Å². The summed E-state index contributed by atoms with van der Waals surface area (Å²) in [7, 11) is 0. The van der Waals surface area contributed by atoms with Gasteiger partial charge in [-0.3, -0.25) is 0 Å². The van der Waals surface area contributed by atoms with Crippen LogP contribution in [0, 0.1) is 13.8 Å². The Morgan fingerprint density at radius 1 is 1.00 bits per heavy atom. The summed E-state index contributed by atoms with van der Waals surface area (Å²) in [5.74, 6) is 0.170. The fraction of sp³-hybridized carbons (Fsp3) is 0.250. The maximum atomic E-state index is 13.1. The molecule has 2 aromatic carbocycles. The van der Waals surface area contributed by atoms with E-state index in [0.29, 0.717) is 11.3 Å². The third kappa shape index (κ3) is 3.76. The first-order chi connectivity index (χ1) is 9.79. The van der Waals surface area contributed by atoms with Gasteiger partial charge in [0.1, 0.15) is 11.5 Å². The molecule has 2 aromatic rings. The molecule has 21 heavy (non-hydrogen) atoms. The van der Waals surface area contributed by atoms with Crippen LogP contribution in [0.25, 0.3) is 0 Å². The van der Waals surface area contributed by atoms with Crippen molar-refractivity contribution in [2.24, 2.45) is 5.73 Å². The Labute approximate surface area is 121 Å². The molecule has 2 N–H and O–H groups in total. The van der Waals surface area contributed by atoms with Crippen LogP contribution < -0.4 is 10.5 Å². The molecule has 0 bridgehead atoms. The Morgan fingerprint density at radius 3 is 2.14 bits per heavy atom. The number of hydrogen-bond acceptors (Lipinski definition) is 2. The molecule has 0 atom stereocenters. The first-order valence-corrected chi connectivity index (χ1v) is 6.46. The molecule has 0 fully saturated rings. The topological polar surface area (TPSA) is 35.2 Å². The SMILES string of the molecule is Cc1cc(C)cc(Oc2ccc(CN)cc2C(F)(F)F)c1.